The van der Waals surface area contributed by atoms with Crippen LogP contribution < -0.4 is 5.32 Å². The molecule has 166 valence electrons. The van der Waals surface area contributed by atoms with Crippen molar-refractivity contribution >= 4 is 27.7 Å². The summed E-state index contributed by atoms with van der Waals surface area (Å²) >= 11 is 3.35. The van der Waals surface area contributed by atoms with E-state index >= 15 is 0 Å². The van der Waals surface area contributed by atoms with Crippen LogP contribution >= 0.6 is 15.9 Å². The van der Waals surface area contributed by atoms with Crippen molar-refractivity contribution in [3.8, 4) is 0 Å². The third kappa shape index (κ3) is 3.79. The molecule has 0 aliphatic carbocycles. The lowest BCUT2D eigenvalue weighted by Gasteiger charge is -2.34. The maximum absolute atomic E-state index is 13.9. The molecular weight excluding hydrogens is 485 g/mol. The Balaban J connectivity index is 1.48. The summed E-state index contributed by atoms with van der Waals surface area (Å²) in [6, 6.07) is 12.7. The summed E-state index contributed by atoms with van der Waals surface area (Å²) in [6.45, 7) is 0.942. The highest BCUT2D eigenvalue weighted by molar-refractivity contribution is 9.10. The number of rotatable bonds is 2. The Kier molecular flexibility index (Phi) is 5.23. The first-order valence-corrected chi connectivity index (χ1v) is 11.1. The van der Waals surface area contributed by atoms with E-state index in [1.165, 1.54) is 11.8 Å². The van der Waals surface area contributed by atoms with E-state index in [4.69, 9.17) is 0 Å². The number of nitrogens with zero attached hydrogens (tertiary/aromatic N) is 3. The number of aromatic nitrogens is 2. The Morgan fingerprint density at radius 2 is 1.81 bits per heavy atom. The quantitative estimate of drug-likeness (QED) is 0.500. The van der Waals surface area contributed by atoms with Gasteiger partial charge in [-0.25, -0.2) is 4.68 Å². The van der Waals surface area contributed by atoms with Crippen LogP contribution in [0.25, 0.3) is 0 Å². The fourth-order valence-electron chi connectivity index (χ4n) is 4.47. The van der Waals surface area contributed by atoms with E-state index in [0.717, 1.165) is 20.3 Å². The summed E-state index contributed by atoms with van der Waals surface area (Å²) in [7, 11) is 0. The van der Waals surface area contributed by atoms with E-state index in [1.807, 2.05) is 24.3 Å². The number of carbonyl (C=O) groups is 1. The molecular formula is C23H20BrF3N4O. The molecule has 0 saturated carbocycles. The van der Waals surface area contributed by atoms with Crippen molar-refractivity contribution in [2.75, 3.05) is 11.9 Å². The number of hydrogen-bond donors (Lipinski definition) is 1. The summed E-state index contributed by atoms with van der Waals surface area (Å²) in [5.41, 5.74) is 3.14. The van der Waals surface area contributed by atoms with Crippen molar-refractivity contribution in [1.29, 1.82) is 0 Å². The number of alkyl halides is 3. The van der Waals surface area contributed by atoms with Crippen LogP contribution in [-0.4, -0.2) is 33.3 Å². The molecule has 9 heteroatoms. The van der Waals surface area contributed by atoms with Crippen molar-refractivity contribution in [2.45, 2.75) is 37.6 Å². The van der Waals surface area contributed by atoms with Crippen molar-refractivity contribution in [3.05, 3.63) is 81.5 Å². The summed E-state index contributed by atoms with van der Waals surface area (Å²) in [5, 5.41) is 7.15. The van der Waals surface area contributed by atoms with Gasteiger partial charge in [-0.05, 0) is 35.2 Å². The van der Waals surface area contributed by atoms with E-state index < -0.39 is 18.3 Å². The highest BCUT2D eigenvalue weighted by atomic mass is 79.9. The number of hydrogen-bond acceptors (Lipinski definition) is 3. The smallest absolute Gasteiger partial charge is 0.363 e. The summed E-state index contributed by atoms with van der Waals surface area (Å²) in [4.78, 5) is 15.0. The molecule has 5 rings (SSSR count). The van der Waals surface area contributed by atoms with Gasteiger partial charge in [-0.3, -0.25) is 4.79 Å². The third-order valence-electron chi connectivity index (χ3n) is 6.16. The van der Waals surface area contributed by atoms with Crippen LogP contribution in [0.2, 0.25) is 0 Å². The van der Waals surface area contributed by atoms with Gasteiger partial charge in [0.15, 0.2) is 6.04 Å². The minimum Gasteiger partial charge on any atom is -0.363 e. The SMILES string of the molecule is O=C(c1cnn2c1N[C@@H](c1ccc(Br)cc1)C[C@H]2C(F)(F)F)N1CCc2ccccc2C1. The maximum Gasteiger partial charge on any atom is 0.410 e. The molecule has 0 saturated heterocycles. The van der Waals surface area contributed by atoms with Crippen molar-refractivity contribution in [1.82, 2.24) is 14.7 Å². The van der Waals surface area contributed by atoms with Crippen LogP contribution in [0, 0.1) is 0 Å². The standard InChI is InChI=1S/C23H20BrF3N4O/c24-17-7-5-15(6-8-17)19-11-20(23(25,26)27)31-21(29-19)18(12-28-31)22(32)30-10-9-14-3-1-2-4-16(14)13-30/h1-8,12,19-20,29H,9-11,13H2/t19-,20+/m1/s1. The highest BCUT2D eigenvalue weighted by Gasteiger charge is 2.47. The van der Waals surface area contributed by atoms with Crippen LogP contribution in [-0.2, 0) is 13.0 Å². The Hall–Kier alpha value is -2.81. The molecule has 3 heterocycles. The van der Waals surface area contributed by atoms with Gasteiger partial charge >= 0.3 is 6.18 Å². The number of amides is 1. The zero-order valence-electron chi connectivity index (χ0n) is 16.9. The summed E-state index contributed by atoms with van der Waals surface area (Å²) < 4.78 is 43.5. The van der Waals surface area contributed by atoms with Crippen LogP contribution in [0.3, 0.4) is 0 Å². The van der Waals surface area contributed by atoms with Crippen LogP contribution in [0.5, 0.6) is 0 Å². The largest absolute Gasteiger partial charge is 0.410 e. The third-order valence-corrected chi connectivity index (χ3v) is 6.69. The van der Waals surface area contributed by atoms with E-state index in [2.05, 4.69) is 26.3 Å². The minimum absolute atomic E-state index is 0.121. The molecule has 2 atom stereocenters. The van der Waals surface area contributed by atoms with Gasteiger partial charge in [-0.15, -0.1) is 0 Å². The van der Waals surface area contributed by atoms with Gasteiger partial charge in [0.25, 0.3) is 5.91 Å². The molecule has 0 unspecified atom stereocenters. The number of benzene rings is 2. The van der Waals surface area contributed by atoms with Crippen LogP contribution in [0.15, 0.2) is 59.2 Å². The Morgan fingerprint density at radius 1 is 1.09 bits per heavy atom. The fourth-order valence-corrected chi connectivity index (χ4v) is 4.74. The zero-order valence-corrected chi connectivity index (χ0v) is 18.5. The predicted molar refractivity (Wildman–Crippen MR) is 117 cm³/mol. The normalized spacial score (nSPS) is 20.3. The van der Waals surface area contributed by atoms with Gasteiger partial charge in [0.1, 0.15) is 11.4 Å². The molecule has 0 radical (unpaired) electrons. The first-order chi connectivity index (χ1) is 15.3. The van der Waals surface area contributed by atoms with Gasteiger partial charge in [0.05, 0.1) is 12.2 Å². The monoisotopic (exact) mass is 504 g/mol. The van der Waals surface area contributed by atoms with Gasteiger partial charge in [0, 0.05) is 24.0 Å². The van der Waals surface area contributed by atoms with Gasteiger partial charge in [0.2, 0.25) is 0 Å². The lowest BCUT2D eigenvalue weighted by atomic mass is 9.96. The maximum atomic E-state index is 13.9. The molecule has 1 aromatic heterocycles. The second-order valence-electron chi connectivity index (χ2n) is 8.14. The summed E-state index contributed by atoms with van der Waals surface area (Å²) in [5.74, 6) is -0.194. The number of anilines is 1. The number of nitrogens with one attached hydrogen (secondary N) is 1. The van der Waals surface area contributed by atoms with Gasteiger partial charge in [-0.1, -0.05) is 52.3 Å². The molecule has 1 amide bonds. The molecule has 2 aliphatic rings. The first kappa shape index (κ1) is 21.1. The fraction of sp³-hybridized carbons (Fsp3) is 0.304. The van der Waals surface area contributed by atoms with E-state index in [9.17, 15) is 18.0 Å². The predicted octanol–water partition coefficient (Wildman–Crippen LogP) is 5.50. The topological polar surface area (TPSA) is 50.2 Å². The number of carbonyl (C=O) groups excluding carboxylic acids is 1. The molecule has 0 spiro atoms. The molecule has 0 fully saturated rings. The molecule has 2 aliphatic heterocycles. The molecule has 1 N–H and O–H groups in total. The minimum atomic E-state index is -4.49. The van der Waals surface area contributed by atoms with Crippen molar-refractivity contribution in [3.63, 3.8) is 0 Å². The number of halogens is 4. The van der Waals surface area contributed by atoms with Gasteiger partial charge in [-0.2, -0.15) is 18.3 Å². The van der Waals surface area contributed by atoms with Crippen molar-refractivity contribution in [2.24, 2.45) is 0 Å². The zero-order chi connectivity index (χ0) is 22.5. The lowest BCUT2D eigenvalue weighted by Crippen LogP contribution is -2.38. The Labute approximate surface area is 191 Å². The van der Waals surface area contributed by atoms with Crippen molar-refractivity contribution < 1.29 is 18.0 Å². The van der Waals surface area contributed by atoms with E-state index in [0.29, 0.717) is 19.5 Å². The average Bonchev–Trinajstić information content (AvgIpc) is 3.21. The van der Waals surface area contributed by atoms with Crippen LogP contribution in [0.1, 0.15) is 45.6 Å². The molecule has 2 aromatic carbocycles. The molecule has 32 heavy (non-hydrogen) atoms. The van der Waals surface area contributed by atoms with E-state index in [1.54, 1.807) is 29.2 Å². The molecule has 0 bridgehead atoms. The Bertz CT molecular complexity index is 1160. The first-order valence-electron chi connectivity index (χ1n) is 10.3. The van der Waals surface area contributed by atoms with E-state index in [-0.39, 0.29) is 23.7 Å². The molecule has 3 aromatic rings. The summed E-state index contributed by atoms with van der Waals surface area (Å²) in [6.07, 6.45) is -2.72. The second kappa shape index (κ2) is 7.95. The second-order valence-corrected chi connectivity index (χ2v) is 9.05. The molecule has 5 nitrogen and oxygen atoms in total. The van der Waals surface area contributed by atoms with Crippen LogP contribution in [0.4, 0.5) is 19.0 Å². The number of fused-ring (bicyclic) bond motifs is 2. The Morgan fingerprint density at radius 3 is 2.53 bits per heavy atom. The highest BCUT2D eigenvalue weighted by Crippen LogP contribution is 2.44. The average molecular weight is 505 g/mol. The van der Waals surface area contributed by atoms with Gasteiger partial charge < -0.3 is 10.2 Å². The lowest BCUT2D eigenvalue weighted by molar-refractivity contribution is -0.173.